The van der Waals surface area contributed by atoms with E-state index < -0.39 is 0 Å². The highest BCUT2D eigenvalue weighted by atomic mass is 35.5. The highest BCUT2D eigenvalue weighted by Gasteiger charge is 2.13. The summed E-state index contributed by atoms with van der Waals surface area (Å²) in [5.74, 6) is -0.0483. The minimum absolute atomic E-state index is 0.0483. The van der Waals surface area contributed by atoms with Gasteiger partial charge in [-0.25, -0.2) is 0 Å². The molecular formula is C10H18ClNO. The molecule has 0 aromatic rings. The molecule has 0 aliphatic heterocycles. The van der Waals surface area contributed by atoms with Crippen LogP contribution in [0.3, 0.4) is 0 Å². The van der Waals surface area contributed by atoms with Crippen molar-refractivity contribution in [2.45, 2.75) is 33.6 Å². The first-order valence-electron chi connectivity index (χ1n) is 4.78. The molecule has 0 saturated heterocycles. The van der Waals surface area contributed by atoms with Gasteiger partial charge in [-0.15, -0.1) is 0 Å². The maximum atomic E-state index is 11.6. The van der Waals surface area contributed by atoms with Crippen molar-refractivity contribution < 1.29 is 4.79 Å². The van der Waals surface area contributed by atoms with Crippen molar-refractivity contribution in [1.29, 1.82) is 0 Å². The monoisotopic (exact) mass is 203 g/mol. The van der Waals surface area contributed by atoms with Crippen molar-refractivity contribution in [1.82, 2.24) is 4.90 Å². The van der Waals surface area contributed by atoms with Gasteiger partial charge in [-0.3, -0.25) is 4.79 Å². The summed E-state index contributed by atoms with van der Waals surface area (Å²) >= 11 is 5.75. The van der Waals surface area contributed by atoms with Gasteiger partial charge in [0.2, 0.25) is 0 Å². The standard InChI is InChI=1S/C10H18ClNO/c1-4-7-12(8-5-2)10(13)9(11)6-3/h6H,4-5,7-8H2,1-3H3. The minimum atomic E-state index is -0.0483. The third-order valence-corrected chi connectivity index (χ3v) is 2.11. The molecule has 0 bridgehead atoms. The zero-order chi connectivity index (χ0) is 10.3. The highest BCUT2D eigenvalue weighted by Crippen LogP contribution is 2.07. The van der Waals surface area contributed by atoms with Crippen molar-refractivity contribution in [2.75, 3.05) is 13.1 Å². The molecule has 0 saturated carbocycles. The number of carbonyl (C=O) groups is 1. The second-order valence-corrected chi connectivity index (χ2v) is 3.34. The molecule has 0 aliphatic carbocycles. The van der Waals surface area contributed by atoms with Gasteiger partial charge in [0.05, 0.1) is 0 Å². The summed E-state index contributed by atoms with van der Waals surface area (Å²) in [6.07, 6.45) is 3.58. The lowest BCUT2D eigenvalue weighted by atomic mass is 10.3. The maximum Gasteiger partial charge on any atom is 0.265 e. The normalized spacial score (nSPS) is 11.5. The summed E-state index contributed by atoms with van der Waals surface area (Å²) < 4.78 is 0. The van der Waals surface area contributed by atoms with Crippen LogP contribution in [-0.4, -0.2) is 23.9 Å². The molecule has 3 heteroatoms. The van der Waals surface area contributed by atoms with Crippen LogP contribution in [0, 0.1) is 0 Å². The fourth-order valence-electron chi connectivity index (χ4n) is 1.13. The van der Waals surface area contributed by atoms with Crippen LogP contribution in [0.5, 0.6) is 0 Å². The molecule has 1 amide bonds. The summed E-state index contributed by atoms with van der Waals surface area (Å²) in [6, 6.07) is 0. The van der Waals surface area contributed by atoms with E-state index in [9.17, 15) is 4.79 Å². The first-order chi connectivity index (χ1) is 6.17. The third kappa shape index (κ3) is 4.32. The number of halogens is 1. The van der Waals surface area contributed by atoms with Crippen LogP contribution in [0.15, 0.2) is 11.1 Å². The summed E-state index contributed by atoms with van der Waals surface area (Å²) in [5.41, 5.74) is 0. The lowest BCUT2D eigenvalue weighted by Gasteiger charge is -2.20. The van der Waals surface area contributed by atoms with E-state index in [0.29, 0.717) is 5.03 Å². The quantitative estimate of drug-likeness (QED) is 0.630. The number of hydrogen-bond donors (Lipinski definition) is 0. The molecule has 2 nitrogen and oxygen atoms in total. The molecule has 0 aromatic carbocycles. The number of nitrogens with zero attached hydrogens (tertiary/aromatic N) is 1. The largest absolute Gasteiger partial charge is 0.338 e. The third-order valence-electron chi connectivity index (χ3n) is 1.73. The van der Waals surface area contributed by atoms with E-state index in [1.165, 1.54) is 0 Å². The van der Waals surface area contributed by atoms with E-state index in [2.05, 4.69) is 13.8 Å². The van der Waals surface area contributed by atoms with Crippen LogP contribution in [0.2, 0.25) is 0 Å². The molecule has 0 N–H and O–H groups in total. The SMILES string of the molecule is CC=C(Cl)C(=O)N(CCC)CCC. The lowest BCUT2D eigenvalue weighted by molar-refractivity contribution is -0.126. The van der Waals surface area contributed by atoms with Crippen LogP contribution in [0.25, 0.3) is 0 Å². The van der Waals surface area contributed by atoms with Gasteiger partial charge in [0, 0.05) is 13.1 Å². The van der Waals surface area contributed by atoms with E-state index >= 15 is 0 Å². The van der Waals surface area contributed by atoms with Gasteiger partial charge in [0.25, 0.3) is 5.91 Å². The summed E-state index contributed by atoms with van der Waals surface area (Å²) in [6.45, 7) is 7.46. The predicted octanol–water partition coefficient (Wildman–Crippen LogP) is 2.78. The zero-order valence-corrected chi connectivity index (χ0v) is 9.40. The number of amides is 1. The van der Waals surface area contributed by atoms with Crippen LogP contribution in [0.1, 0.15) is 33.6 Å². The highest BCUT2D eigenvalue weighted by molar-refractivity contribution is 6.42. The fourth-order valence-corrected chi connectivity index (χ4v) is 1.25. The van der Waals surface area contributed by atoms with E-state index in [1.54, 1.807) is 17.9 Å². The molecule has 0 aliphatic rings. The van der Waals surface area contributed by atoms with E-state index in [-0.39, 0.29) is 5.91 Å². The molecule has 0 heterocycles. The Morgan fingerprint density at radius 3 is 2.08 bits per heavy atom. The zero-order valence-electron chi connectivity index (χ0n) is 8.64. The molecule has 0 unspecified atom stereocenters. The van der Waals surface area contributed by atoms with E-state index in [1.807, 2.05) is 0 Å². The van der Waals surface area contributed by atoms with Gasteiger partial charge in [-0.05, 0) is 19.8 Å². The molecule has 0 atom stereocenters. The topological polar surface area (TPSA) is 20.3 Å². The Kier molecular flexibility index (Phi) is 6.69. The van der Waals surface area contributed by atoms with Crippen molar-refractivity contribution in [3.05, 3.63) is 11.1 Å². The predicted molar refractivity (Wildman–Crippen MR) is 56.8 cm³/mol. The van der Waals surface area contributed by atoms with Crippen molar-refractivity contribution in [3.8, 4) is 0 Å². The Morgan fingerprint density at radius 2 is 1.77 bits per heavy atom. The average Bonchev–Trinajstić information content (AvgIpc) is 2.15. The Hall–Kier alpha value is -0.500. The Labute approximate surface area is 85.6 Å². The van der Waals surface area contributed by atoms with Crippen molar-refractivity contribution in [2.24, 2.45) is 0 Å². The Balaban J connectivity index is 4.27. The molecule has 0 rings (SSSR count). The summed E-state index contributed by atoms with van der Waals surface area (Å²) in [5, 5.41) is 0.321. The molecule has 0 spiro atoms. The number of hydrogen-bond acceptors (Lipinski definition) is 1. The van der Waals surface area contributed by atoms with Crippen LogP contribution in [0.4, 0.5) is 0 Å². The number of allylic oxidation sites excluding steroid dienone is 1. The molecule has 76 valence electrons. The minimum Gasteiger partial charge on any atom is -0.338 e. The second kappa shape index (κ2) is 6.96. The summed E-state index contributed by atoms with van der Waals surface area (Å²) in [7, 11) is 0. The van der Waals surface area contributed by atoms with Crippen LogP contribution < -0.4 is 0 Å². The number of rotatable bonds is 5. The fraction of sp³-hybridized carbons (Fsp3) is 0.700. The smallest absolute Gasteiger partial charge is 0.265 e. The molecule has 0 radical (unpaired) electrons. The molecule has 13 heavy (non-hydrogen) atoms. The first-order valence-corrected chi connectivity index (χ1v) is 5.16. The maximum absolute atomic E-state index is 11.6. The van der Waals surface area contributed by atoms with Crippen molar-refractivity contribution in [3.63, 3.8) is 0 Å². The molecular weight excluding hydrogens is 186 g/mol. The van der Waals surface area contributed by atoms with E-state index in [0.717, 1.165) is 25.9 Å². The van der Waals surface area contributed by atoms with Gasteiger partial charge in [-0.2, -0.15) is 0 Å². The van der Waals surface area contributed by atoms with Crippen LogP contribution >= 0.6 is 11.6 Å². The lowest BCUT2D eigenvalue weighted by Crippen LogP contribution is -2.32. The van der Waals surface area contributed by atoms with Gasteiger partial charge < -0.3 is 4.90 Å². The van der Waals surface area contributed by atoms with Gasteiger partial charge in [-0.1, -0.05) is 31.5 Å². The first kappa shape index (κ1) is 12.5. The average molecular weight is 204 g/mol. The van der Waals surface area contributed by atoms with Crippen LogP contribution in [-0.2, 0) is 4.79 Å². The second-order valence-electron chi connectivity index (χ2n) is 2.93. The molecule has 0 aromatic heterocycles. The van der Waals surface area contributed by atoms with Crippen molar-refractivity contribution >= 4 is 17.5 Å². The van der Waals surface area contributed by atoms with Gasteiger partial charge in [0.1, 0.15) is 5.03 Å². The van der Waals surface area contributed by atoms with E-state index in [4.69, 9.17) is 11.6 Å². The summed E-state index contributed by atoms with van der Waals surface area (Å²) in [4.78, 5) is 13.4. The van der Waals surface area contributed by atoms with Gasteiger partial charge in [0.15, 0.2) is 0 Å². The molecule has 0 fully saturated rings. The van der Waals surface area contributed by atoms with Gasteiger partial charge >= 0.3 is 0 Å². The number of carbonyl (C=O) groups excluding carboxylic acids is 1. The Bertz CT molecular complexity index is 183. The Morgan fingerprint density at radius 1 is 1.31 bits per heavy atom.